The van der Waals surface area contributed by atoms with E-state index in [1.54, 1.807) is 0 Å². The zero-order chi connectivity index (χ0) is 19.4. The van der Waals surface area contributed by atoms with E-state index in [2.05, 4.69) is 15.0 Å². The first-order chi connectivity index (χ1) is 13.0. The van der Waals surface area contributed by atoms with Crippen molar-refractivity contribution in [3.05, 3.63) is 47.9 Å². The van der Waals surface area contributed by atoms with Crippen molar-refractivity contribution in [2.75, 3.05) is 11.5 Å². The van der Waals surface area contributed by atoms with E-state index < -0.39 is 18.1 Å². The van der Waals surface area contributed by atoms with Crippen molar-refractivity contribution in [3.63, 3.8) is 0 Å². The molecule has 6 N–H and O–H groups in total. The molecule has 8 nitrogen and oxygen atoms in total. The molecule has 1 aliphatic heterocycles. The quantitative estimate of drug-likeness (QED) is 0.435. The van der Waals surface area contributed by atoms with Crippen LogP contribution in [0.2, 0.25) is 0 Å². The Labute approximate surface area is 160 Å². The number of hydrogen-bond donors (Lipinski definition) is 5. The zero-order valence-corrected chi connectivity index (χ0v) is 15.2. The summed E-state index contributed by atoms with van der Waals surface area (Å²) in [5.41, 5.74) is 7.44. The minimum atomic E-state index is -1.52. The van der Waals surface area contributed by atoms with Crippen LogP contribution in [-0.4, -0.2) is 55.8 Å². The predicted octanol–water partition coefficient (Wildman–Crippen LogP) is 1.55. The normalized spacial score (nSPS) is 17.3. The lowest BCUT2D eigenvalue weighted by molar-refractivity contribution is 0.103. The van der Waals surface area contributed by atoms with Gasteiger partial charge in [0.05, 0.1) is 23.0 Å². The van der Waals surface area contributed by atoms with E-state index in [4.69, 9.17) is 16.6 Å². The number of nitrogen functional groups attached to an aromatic ring is 1. The van der Waals surface area contributed by atoms with E-state index in [9.17, 15) is 10.2 Å². The first-order valence-corrected chi connectivity index (χ1v) is 9.42. The van der Waals surface area contributed by atoms with Crippen LogP contribution in [0.1, 0.15) is 17.2 Å². The van der Waals surface area contributed by atoms with E-state index in [-0.39, 0.29) is 23.0 Å². The summed E-state index contributed by atoms with van der Waals surface area (Å²) in [4.78, 5) is 12.0. The summed E-state index contributed by atoms with van der Waals surface area (Å²) in [6, 6.07) is 9.80. The highest BCUT2D eigenvalue weighted by atomic mass is 32.2. The van der Waals surface area contributed by atoms with Gasteiger partial charge in [-0.15, -0.1) is 0 Å². The van der Waals surface area contributed by atoms with Crippen LogP contribution in [0.15, 0.2) is 41.7 Å². The van der Waals surface area contributed by atoms with Crippen LogP contribution in [-0.2, 0) is 5.75 Å². The molecule has 0 bridgehead atoms. The number of nitrogens with two attached hydrogens (primary N) is 1. The summed E-state index contributed by atoms with van der Waals surface area (Å²) in [6.45, 7) is 0. The molecule has 3 rings (SSSR count). The number of anilines is 1. The second-order valence-corrected chi connectivity index (χ2v) is 7.08. The Morgan fingerprint density at radius 2 is 1.89 bits per heavy atom. The molecule has 0 spiro atoms. The Morgan fingerprint density at radius 1 is 1.15 bits per heavy atom. The molecule has 2 heterocycles. The molecule has 9 heteroatoms. The molecular weight excluding hydrogens is 364 g/mol. The lowest BCUT2D eigenvalue weighted by atomic mass is 9.93. The molecule has 0 radical (unpaired) electrons. The maximum Gasteiger partial charge on any atom is 0.153 e. The topological polar surface area (TPSA) is 152 Å². The first-order valence-electron chi connectivity index (χ1n) is 8.27. The third kappa shape index (κ3) is 4.21. The van der Waals surface area contributed by atoms with Gasteiger partial charge in [0.25, 0.3) is 0 Å². The summed E-state index contributed by atoms with van der Waals surface area (Å²) < 4.78 is 0. The Hall–Kier alpha value is -2.62. The average Bonchev–Trinajstić information content (AvgIpc) is 3.12. The number of hydrogen-bond acceptors (Lipinski definition) is 9. The van der Waals surface area contributed by atoms with Crippen LogP contribution in [0.25, 0.3) is 0 Å². The minimum Gasteiger partial charge on any atom is -0.384 e. The fourth-order valence-electron chi connectivity index (χ4n) is 2.70. The number of rotatable bonds is 8. The van der Waals surface area contributed by atoms with Crippen molar-refractivity contribution in [1.82, 2.24) is 9.97 Å². The molecule has 0 aliphatic carbocycles. The van der Waals surface area contributed by atoms with E-state index in [1.165, 1.54) is 24.3 Å². The van der Waals surface area contributed by atoms with Crippen LogP contribution in [0, 0.1) is 10.8 Å². The maximum atomic E-state index is 10.4. The highest BCUT2D eigenvalue weighted by Crippen LogP contribution is 2.35. The molecule has 140 valence electrons. The van der Waals surface area contributed by atoms with Gasteiger partial charge < -0.3 is 26.8 Å². The standard InChI is InChI=1S/C18H20N6O2S/c19-12(8-27-7-10-4-2-1-3-5-10)16(25)17(26)13(20)11-6-22-15-14(11)23-9-24-18(15)21/h1-6,9,11,16-17,19-20,25-26H,7-8H2,(H2,21,23,24)/t11?,16-,17+/m0/s1. The van der Waals surface area contributed by atoms with Crippen molar-refractivity contribution in [3.8, 4) is 0 Å². The van der Waals surface area contributed by atoms with Crippen molar-refractivity contribution in [1.29, 1.82) is 10.8 Å². The monoisotopic (exact) mass is 384 g/mol. The molecule has 0 amide bonds. The van der Waals surface area contributed by atoms with Crippen LogP contribution >= 0.6 is 11.8 Å². The average molecular weight is 384 g/mol. The first kappa shape index (κ1) is 19.2. The minimum absolute atomic E-state index is 0.0365. The summed E-state index contributed by atoms with van der Waals surface area (Å²) in [5, 5.41) is 36.9. The molecule has 1 aliphatic rings. The predicted molar refractivity (Wildman–Crippen MR) is 107 cm³/mol. The highest BCUT2D eigenvalue weighted by Gasteiger charge is 2.34. The van der Waals surface area contributed by atoms with E-state index >= 15 is 0 Å². The summed E-state index contributed by atoms with van der Waals surface area (Å²) in [5.74, 6) is 0.457. The van der Waals surface area contributed by atoms with Gasteiger partial charge in [-0.05, 0) is 5.56 Å². The maximum absolute atomic E-state index is 10.4. The number of aliphatic hydroxyl groups is 2. The van der Waals surface area contributed by atoms with Crippen molar-refractivity contribution in [2.45, 2.75) is 23.9 Å². The van der Waals surface area contributed by atoms with E-state index in [0.29, 0.717) is 17.1 Å². The molecule has 0 saturated carbocycles. The second-order valence-electron chi connectivity index (χ2n) is 6.10. The van der Waals surface area contributed by atoms with Gasteiger partial charge in [-0.3, -0.25) is 4.99 Å². The number of fused-ring (bicyclic) bond motifs is 1. The van der Waals surface area contributed by atoms with E-state index in [0.717, 1.165) is 5.56 Å². The Kier molecular flexibility index (Phi) is 5.94. The Balaban J connectivity index is 1.58. The third-order valence-corrected chi connectivity index (χ3v) is 5.26. The molecular formula is C18H20N6O2S. The molecule has 3 atom stereocenters. The lowest BCUT2D eigenvalue weighted by Crippen LogP contribution is -2.42. The molecule has 1 aromatic heterocycles. The van der Waals surface area contributed by atoms with Crippen LogP contribution < -0.4 is 5.73 Å². The van der Waals surface area contributed by atoms with Gasteiger partial charge in [0.15, 0.2) is 5.82 Å². The smallest absolute Gasteiger partial charge is 0.153 e. The second kappa shape index (κ2) is 8.38. The number of benzene rings is 1. The summed E-state index contributed by atoms with van der Waals surface area (Å²) >= 11 is 1.47. The number of aliphatic imine (C=N–C) groups is 1. The SMILES string of the molecule is N=C(C1C=Nc2c(N)ncnc21)[C@@H](O)[C@@H](O)C(=N)CSCc1ccccc1. The van der Waals surface area contributed by atoms with Crippen LogP contribution in [0.3, 0.4) is 0 Å². The number of nitrogens with zero attached hydrogens (tertiary/aromatic N) is 3. The van der Waals surface area contributed by atoms with Crippen molar-refractivity contribution in [2.24, 2.45) is 4.99 Å². The molecule has 1 aromatic carbocycles. The van der Waals surface area contributed by atoms with Gasteiger partial charge in [0, 0.05) is 17.7 Å². The number of thioether (sulfide) groups is 1. The largest absolute Gasteiger partial charge is 0.384 e. The van der Waals surface area contributed by atoms with Gasteiger partial charge in [0.1, 0.15) is 24.2 Å². The lowest BCUT2D eigenvalue weighted by Gasteiger charge is -2.22. The van der Waals surface area contributed by atoms with Crippen molar-refractivity contribution >= 4 is 40.9 Å². The fraction of sp³-hybridized carbons (Fsp3) is 0.278. The van der Waals surface area contributed by atoms with Crippen molar-refractivity contribution < 1.29 is 10.2 Å². The number of aromatic nitrogens is 2. The van der Waals surface area contributed by atoms with Gasteiger partial charge >= 0.3 is 0 Å². The number of aliphatic hydroxyl groups excluding tert-OH is 2. The van der Waals surface area contributed by atoms with E-state index in [1.807, 2.05) is 30.3 Å². The fourth-order valence-corrected chi connectivity index (χ4v) is 3.62. The highest BCUT2D eigenvalue weighted by molar-refractivity contribution is 7.99. The van der Waals surface area contributed by atoms with Crippen LogP contribution in [0.4, 0.5) is 11.5 Å². The summed E-state index contributed by atoms with van der Waals surface area (Å²) in [6.07, 6.45) is -0.263. The number of nitrogens with one attached hydrogen (secondary N) is 2. The molecule has 0 saturated heterocycles. The molecule has 2 aromatic rings. The Morgan fingerprint density at radius 3 is 2.63 bits per heavy atom. The zero-order valence-electron chi connectivity index (χ0n) is 14.4. The van der Waals surface area contributed by atoms with Gasteiger partial charge in [0.2, 0.25) is 0 Å². The van der Waals surface area contributed by atoms with Gasteiger partial charge in [-0.2, -0.15) is 11.8 Å². The van der Waals surface area contributed by atoms with Gasteiger partial charge in [-0.1, -0.05) is 30.3 Å². The summed E-state index contributed by atoms with van der Waals surface area (Å²) in [7, 11) is 0. The molecule has 27 heavy (non-hydrogen) atoms. The molecule has 0 fully saturated rings. The van der Waals surface area contributed by atoms with Gasteiger partial charge in [-0.25, -0.2) is 9.97 Å². The molecule has 1 unspecified atom stereocenters. The Bertz CT molecular complexity index is 873. The van der Waals surface area contributed by atoms with Crippen LogP contribution in [0.5, 0.6) is 0 Å². The third-order valence-electron chi connectivity index (χ3n) is 4.21.